The minimum atomic E-state index is -1.03. The molecule has 4 N–H and O–H groups in total. The molecule has 1 saturated carbocycles. The number of nitrogens with two attached hydrogens (primary N) is 1. The largest absolute Gasteiger partial charge is 0.616 e. The van der Waals surface area contributed by atoms with E-state index in [2.05, 4.69) is 5.32 Å². The molecule has 18 heavy (non-hydrogen) atoms. The van der Waals surface area contributed by atoms with Gasteiger partial charge in [-0.15, -0.1) is 0 Å². The highest BCUT2D eigenvalue weighted by atomic mass is 32.2. The van der Waals surface area contributed by atoms with Crippen molar-refractivity contribution in [2.24, 2.45) is 0 Å². The molecule has 0 aliphatic heterocycles. The topological polar surface area (TPSA) is 98.4 Å². The molecule has 98 valence electrons. The van der Waals surface area contributed by atoms with Crippen molar-refractivity contribution in [3.05, 3.63) is 29.3 Å². The van der Waals surface area contributed by atoms with Gasteiger partial charge in [-0.25, -0.2) is 4.79 Å². The summed E-state index contributed by atoms with van der Waals surface area (Å²) < 4.78 is 11.4. The van der Waals surface area contributed by atoms with Crippen molar-refractivity contribution in [3.63, 3.8) is 0 Å². The first-order chi connectivity index (χ1) is 8.43. The molecule has 1 aliphatic carbocycles. The van der Waals surface area contributed by atoms with Crippen LogP contribution in [0.2, 0.25) is 0 Å². The van der Waals surface area contributed by atoms with Gasteiger partial charge in [-0.05, 0) is 30.5 Å². The second-order valence-electron chi connectivity index (χ2n) is 4.65. The highest BCUT2D eigenvalue weighted by Crippen LogP contribution is 2.47. The van der Waals surface area contributed by atoms with Crippen molar-refractivity contribution in [1.82, 2.24) is 5.32 Å². The molecule has 1 aromatic carbocycles. The summed E-state index contributed by atoms with van der Waals surface area (Å²) in [6.45, 7) is 0. The molecule has 0 saturated heterocycles. The average Bonchev–Trinajstić information content (AvgIpc) is 2.96. The van der Waals surface area contributed by atoms with Crippen LogP contribution >= 0.6 is 0 Å². The van der Waals surface area contributed by atoms with Crippen LogP contribution in [0.5, 0.6) is 0 Å². The summed E-state index contributed by atoms with van der Waals surface area (Å²) >= 11 is -0.986. The van der Waals surface area contributed by atoms with Gasteiger partial charge >= 0.3 is 6.09 Å². The van der Waals surface area contributed by atoms with Gasteiger partial charge in [0.2, 0.25) is 0 Å². The van der Waals surface area contributed by atoms with Gasteiger partial charge in [0.05, 0.1) is 11.8 Å². The summed E-state index contributed by atoms with van der Waals surface area (Å²) in [5, 5.41) is 11.4. The predicted molar refractivity (Wildman–Crippen MR) is 70.7 cm³/mol. The van der Waals surface area contributed by atoms with Crippen LogP contribution in [-0.4, -0.2) is 22.0 Å². The first-order valence-corrected chi connectivity index (χ1v) is 7.36. The Labute approximate surface area is 109 Å². The number of benzene rings is 1. The van der Waals surface area contributed by atoms with E-state index in [0.29, 0.717) is 11.4 Å². The molecule has 5 nitrogen and oxygen atoms in total. The van der Waals surface area contributed by atoms with Crippen molar-refractivity contribution in [3.8, 4) is 0 Å². The summed E-state index contributed by atoms with van der Waals surface area (Å²) in [7, 11) is 0. The van der Waals surface area contributed by atoms with Crippen LogP contribution in [0.3, 0.4) is 0 Å². The van der Waals surface area contributed by atoms with Crippen molar-refractivity contribution < 1.29 is 14.5 Å². The Kier molecular flexibility index (Phi) is 3.41. The molecule has 1 atom stereocenters. The molecule has 0 heterocycles. The van der Waals surface area contributed by atoms with Gasteiger partial charge in [-0.2, -0.15) is 0 Å². The van der Waals surface area contributed by atoms with Gasteiger partial charge in [-0.1, -0.05) is 17.2 Å². The highest BCUT2D eigenvalue weighted by molar-refractivity contribution is 7.89. The number of nitrogen functional groups attached to an aromatic ring is 1. The molecule has 1 unspecified atom stereocenters. The van der Waals surface area contributed by atoms with Crippen molar-refractivity contribution in [1.29, 1.82) is 0 Å². The fourth-order valence-corrected chi connectivity index (χ4v) is 2.89. The minimum absolute atomic E-state index is 0.392. The molecule has 1 fully saturated rings. The lowest BCUT2D eigenvalue weighted by Crippen LogP contribution is -2.34. The third kappa shape index (κ3) is 2.70. The van der Waals surface area contributed by atoms with Gasteiger partial charge in [-0.3, -0.25) is 0 Å². The van der Waals surface area contributed by atoms with Crippen LogP contribution in [0, 0.1) is 0 Å². The average molecular weight is 268 g/mol. The first kappa shape index (κ1) is 13.0. The zero-order valence-corrected chi connectivity index (χ0v) is 10.9. The Balaban J connectivity index is 2.35. The number of anilines is 1. The van der Waals surface area contributed by atoms with Crippen LogP contribution < -0.4 is 11.1 Å². The Morgan fingerprint density at radius 2 is 2.28 bits per heavy atom. The molecule has 1 aliphatic rings. The maximum Gasteiger partial charge on any atom is 0.405 e. The number of hydrogen-bond acceptors (Lipinski definition) is 3. The number of amides is 1. The van der Waals surface area contributed by atoms with Crippen LogP contribution in [0.4, 0.5) is 10.5 Å². The Bertz CT molecular complexity index is 472. The number of nitrogens with one attached hydrogen (secondary N) is 1. The van der Waals surface area contributed by atoms with E-state index in [0.717, 1.165) is 24.0 Å². The number of rotatable bonds is 4. The monoisotopic (exact) mass is 268 g/mol. The normalized spacial score (nSPS) is 18.1. The van der Waals surface area contributed by atoms with Gasteiger partial charge in [0, 0.05) is 11.3 Å². The van der Waals surface area contributed by atoms with E-state index < -0.39 is 22.8 Å². The zero-order valence-electron chi connectivity index (χ0n) is 10.1. The second-order valence-corrected chi connectivity index (χ2v) is 6.08. The Morgan fingerprint density at radius 1 is 1.61 bits per heavy atom. The van der Waals surface area contributed by atoms with Gasteiger partial charge < -0.3 is 20.7 Å². The summed E-state index contributed by atoms with van der Waals surface area (Å²) in [4.78, 5) is 10.8. The molecular formula is C12H16N2O3S. The molecule has 0 bridgehead atoms. The lowest BCUT2D eigenvalue weighted by atomic mass is 9.98. The molecule has 1 aromatic rings. The second kappa shape index (κ2) is 4.70. The van der Waals surface area contributed by atoms with Gasteiger partial charge in [0.1, 0.15) is 5.75 Å². The van der Waals surface area contributed by atoms with E-state index in [1.807, 2.05) is 6.07 Å². The molecular weight excluding hydrogens is 252 g/mol. The fourth-order valence-electron chi connectivity index (χ4n) is 2.21. The third-order valence-corrected chi connectivity index (χ3v) is 3.82. The molecule has 0 radical (unpaired) electrons. The Hall–Kier alpha value is -1.40. The van der Waals surface area contributed by atoms with Crippen LogP contribution in [0.25, 0.3) is 0 Å². The quantitative estimate of drug-likeness (QED) is 0.568. The van der Waals surface area contributed by atoms with E-state index >= 15 is 0 Å². The SMILES string of the molecule is C[S+]([O-])Cc1cc(N)ccc1C1(NC(=O)O)CC1. The third-order valence-electron chi connectivity index (χ3n) is 3.10. The van der Waals surface area contributed by atoms with Crippen molar-refractivity contribution in [2.45, 2.75) is 24.1 Å². The van der Waals surface area contributed by atoms with E-state index in [4.69, 9.17) is 10.8 Å². The lowest BCUT2D eigenvalue weighted by molar-refractivity contribution is 0.188. The van der Waals surface area contributed by atoms with E-state index in [-0.39, 0.29) is 0 Å². The van der Waals surface area contributed by atoms with E-state index in [9.17, 15) is 9.35 Å². The molecule has 0 aromatic heterocycles. The number of carboxylic acid groups (broad SMARTS) is 1. The van der Waals surface area contributed by atoms with Crippen molar-refractivity contribution in [2.75, 3.05) is 12.0 Å². The predicted octanol–water partition coefficient (Wildman–Crippen LogP) is 1.40. The van der Waals surface area contributed by atoms with E-state index in [1.54, 1.807) is 18.4 Å². The fraction of sp³-hybridized carbons (Fsp3) is 0.417. The maximum atomic E-state index is 11.4. The summed E-state index contributed by atoms with van der Waals surface area (Å²) in [5.74, 6) is 0.392. The maximum absolute atomic E-state index is 11.4. The Morgan fingerprint density at radius 3 is 2.78 bits per heavy atom. The molecule has 1 amide bonds. The minimum Gasteiger partial charge on any atom is -0.616 e. The summed E-state index contributed by atoms with van der Waals surface area (Å²) in [5.41, 5.74) is 7.59. The summed E-state index contributed by atoms with van der Waals surface area (Å²) in [6.07, 6.45) is 2.13. The highest BCUT2D eigenvalue weighted by Gasteiger charge is 2.47. The smallest absolute Gasteiger partial charge is 0.405 e. The number of carbonyl (C=O) groups is 1. The van der Waals surface area contributed by atoms with Gasteiger partial charge in [0.25, 0.3) is 0 Å². The summed E-state index contributed by atoms with van der Waals surface area (Å²) in [6, 6.07) is 5.36. The zero-order chi connectivity index (χ0) is 13.3. The molecule has 0 spiro atoms. The lowest BCUT2D eigenvalue weighted by Gasteiger charge is -2.20. The molecule has 6 heteroatoms. The van der Waals surface area contributed by atoms with Crippen LogP contribution in [0.1, 0.15) is 24.0 Å². The first-order valence-electron chi connectivity index (χ1n) is 5.63. The van der Waals surface area contributed by atoms with Crippen LogP contribution in [-0.2, 0) is 22.5 Å². The van der Waals surface area contributed by atoms with Gasteiger partial charge in [0.15, 0.2) is 0 Å². The van der Waals surface area contributed by atoms with Crippen LogP contribution in [0.15, 0.2) is 18.2 Å². The van der Waals surface area contributed by atoms with Crippen molar-refractivity contribution >= 4 is 23.0 Å². The number of hydrogen-bond donors (Lipinski definition) is 3. The standard InChI is InChI=1S/C12H16N2O3S/c1-18(17)7-8-6-9(13)2-3-10(8)12(4-5-12)14-11(15)16/h2-3,6,14H,4-5,7,13H2,1H3,(H,15,16). The van der Waals surface area contributed by atoms with E-state index in [1.165, 1.54) is 0 Å². The molecule has 2 rings (SSSR count).